The Morgan fingerprint density at radius 3 is 1.33 bits per heavy atom. The van der Waals surface area contributed by atoms with E-state index < -0.39 is 10.2 Å². The fraction of sp³-hybridized carbons (Fsp3) is 0.692. The van der Waals surface area contributed by atoms with Gasteiger partial charge in [-0.05, 0) is 12.1 Å². The molecule has 0 aliphatic rings. The third-order valence-corrected chi connectivity index (χ3v) is 8.71. The van der Waals surface area contributed by atoms with Gasteiger partial charge in [0.15, 0.2) is 0 Å². The molecule has 0 amide bonds. The van der Waals surface area contributed by atoms with Crippen LogP contribution in [0.5, 0.6) is 0 Å². The van der Waals surface area contributed by atoms with Crippen molar-refractivity contribution in [1.29, 1.82) is 0 Å². The molecule has 0 aliphatic heterocycles. The van der Waals surface area contributed by atoms with Crippen LogP contribution in [-0.2, 0) is 0 Å². The Morgan fingerprint density at radius 2 is 1.07 bits per heavy atom. The van der Waals surface area contributed by atoms with Gasteiger partial charge in [0, 0.05) is 28.1 Å². The summed E-state index contributed by atoms with van der Waals surface area (Å²) < 4.78 is 2.49. The Morgan fingerprint density at radius 1 is 0.733 bits per heavy atom. The van der Waals surface area contributed by atoms with Gasteiger partial charge in [-0.15, -0.1) is 0 Å². The summed E-state index contributed by atoms with van der Waals surface area (Å²) in [6.45, 7) is 14.2. The number of hydrogen-bond donors (Lipinski definition) is 0. The Bertz CT molecular complexity index is 264. The highest BCUT2D eigenvalue weighted by atomic mass is 32.3. The molecule has 0 N–H and O–H groups in total. The highest BCUT2D eigenvalue weighted by molar-refractivity contribution is 8.33. The van der Waals surface area contributed by atoms with Gasteiger partial charge in [0.05, 0.1) is 0 Å². The van der Waals surface area contributed by atoms with Crippen molar-refractivity contribution in [3.63, 3.8) is 0 Å². The summed E-state index contributed by atoms with van der Waals surface area (Å²) in [5.41, 5.74) is 0. The second-order valence-electron chi connectivity index (χ2n) is 4.91. The van der Waals surface area contributed by atoms with Crippen LogP contribution >= 0.6 is 10.2 Å². The van der Waals surface area contributed by atoms with Crippen molar-refractivity contribution in [2.45, 2.75) is 57.3 Å². The first-order valence-electron chi connectivity index (χ1n) is 5.87. The zero-order chi connectivity index (χ0) is 11.6. The van der Waals surface area contributed by atoms with Gasteiger partial charge in [0.2, 0.25) is 0 Å². The fourth-order valence-corrected chi connectivity index (χ4v) is 8.18. The van der Waals surface area contributed by atoms with E-state index in [0.717, 1.165) is 15.7 Å². The lowest BCUT2D eigenvalue weighted by molar-refractivity contribution is 0.908. The maximum absolute atomic E-state index is 2.49. The van der Waals surface area contributed by atoms with Crippen LogP contribution in [0.3, 0.4) is 0 Å². The number of nitrogens with zero attached hydrogens (tertiary/aromatic N) is 1. The number of rotatable bonds is 4. The van der Waals surface area contributed by atoms with E-state index in [9.17, 15) is 0 Å². The van der Waals surface area contributed by atoms with E-state index in [1.54, 1.807) is 0 Å². The van der Waals surface area contributed by atoms with Gasteiger partial charge in [-0.1, -0.05) is 41.5 Å². The van der Waals surface area contributed by atoms with Crippen molar-refractivity contribution in [1.82, 2.24) is 3.97 Å². The van der Waals surface area contributed by atoms with Crippen LogP contribution in [0.25, 0.3) is 0 Å². The monoisotopic (exact) mass is 227 g/mol. The highest BCUT2D eigenvalue weighted by Gasteiger charge is 2.35. The van der Waals surface area contributed by atoms with Gasteiger partial charge in [-0.2, -0.15) is 10.2 Å². The molecule has 0 radical (unpaired) electrons. The fourth-order valence-electron chi connectivity index (χ4n) is 2.89. The predicted molar refractivity (Wildman–Crippen MR) is 72.8 cm³/mol. The van der Waals surface area contributed by atoms with E-state index >= 15 is 0 Å². The van der Waals surface area contributed by atoms with Crippen LogP contribution in [0.2, 0.25) is 0 Å². The van der Waals surface area contributed by atoms with Crippen LogP contribution in [-0.4, -0.2) is 19.7 Å². The highest BCUT2D eigenvalue weighted by Crippen LogP contribution is 2.60. The summed E-state index contributed by atoms with van der Waals surface area (Å²) in [6.07, 6.45) is 4.49. The molecule has 0 atom stereocenters. The molecule has 0 aliphatic carbocycles. The molecule has 0 fully saturated rings. The van der Waals surface area contributed by atoms with Crippen LogP contribution in [0.1, 0.15) is 41.5 Å². The molecule has 1 heterocycles. The Kier molecular flexibility index (Phi) is 3.93. The minimum absolute atomic E-state index is 0.727. The van der Waals surface area contributed by atoms with E-state index in [-0.39, 0.29) is 0 Å². The van der Waals surface area contributed by atoms with Crippen LogP contribution in [0.15, 0.2) is 24.5 Å². The molecule has 0 bridgehead atoms. The number of hydrogen-bond acceptors (Lipinski definition) is 0. The summed E-state index contributed by atoms with van der Waals surface area (Å²) >= 11 is 0. The second-order valence-corrected chi connectivity index (χ2v) is 9.61. The molecule has 0 aromatic carbocycles. The van der Waals surface area contributed by atoms with Gasteiger partial charge in [-0.25, -0.2) is 0 Å². The summed E-state index contributed by atoms with van der Waals surface area (Å²) in [7, 11) is -0.765. The molecule has 0 spiro atoms. The zero-order valence-corrected chi connectivity index (χ0v) is 11.7. The molecule has 1 aromatic rings. The van der Waals surface area contributed by atoms with E-state index in [2.05, 4.69) is 70.0 Å². The van der Waals surface area contributed by atoms with E-state index in [1.165, 1.54) is 0 Å². The number of aromatic nitrogens is 1. The first-order chi connectivity index (χ1) is 6.94. The molecular weight excluding hydrogens is 202 g/mol. The lowest BCUT2D eigenvalue weighted by Crippen LogP contribution is -2.33. The maximum Gasteiger partial charge on any atom is 0.0140 e. The lowest BCUT2D eigenvalue weighted by Gasteiger charge is -2.52. The van der Waals surface area contributed by atoms with E-state index in [0.29, 0.717) is 0 Å². The molecule has 0 saturated heterocycles. The van der Waals surface area contributed by atoms with Crippen molar-refractivity contribution in [2.75, 3.05) is 0 Å². The topological polar surface area (TPSA) is 4.93 Å². The van der Waals surface area contributed by atoms with Gasteiger partial charge in [0.25, 0.3) is 0 Å². The van der Waals surface area contributed by atoms with Crippen LogP contribution < -0.4 is 0 Å². The van der Waals surface area contributed by atoms with Crippen molar-refractivity contribution in [3.8, 4) is 0 Å². The summed E-state index contributed by atoms with van der Waals surface area (Å²) in [4.78, 5) is 0. The molecule has 0 saturated carbocycles. The molecule has 1 aromatic heterocycles. The van der Waals surface area contributed by atoms with Crippen molar-refractivity contribution in [3.05, 3.63) is 24.5 Å². The predicted octanol–water partition coefficient (Wildman–Crippen LogP) is 4.28. The largest absolute Gasteiger partial charge is 0.317 e. The molecule has 1 rings (SSSR count). The third-order valence-electron chi connectivity index (χ3n) is 3.21. The summed E-state index contributed by atoms with van der Waals surface area (Å²) in [5, 5.41) is 2.18. The molecule has 2 heteroatoms. The van der Waals surface area contributed by atoms with Gasteiger partial charge < -0.3 is 3.97 Å². The van der Waals surface area contributed by atoms with Crippen LogP contribution in [0, 0.1) is 0 Å². The van der Waals surface area contributed by atoms with Gasteiger partial charge in [-0.3, -0.25) is 0 Å². The average Bonchev–Trinajstić information content (AvgIpc) is 2.55. The van der Waals surface area contributed by atoms with Gasteiger partial charge >= 0.3 is 0 Å². The third kappa shape index (κ3) is 1.96. The van der Waals surface area contributed by atoms with E-state index in [1.807, 2.05) is 0 Å². The summed E-state index contributed by atoms with van der Waals surface area (Å²) in [6, 6.07) is 4.30. The second kappa shape index (κ2) is 4.65. The first kappa shape index (κ1) is 12.7. The Hall–Kier alpha value is -0.370. The van der Waals surface area contributed by atoms with E-state index in [4.69, 9.17) is 0 Å². The zero-order valence-electron chi connectivity index (χ0n) is 10.9. The molecule has 1 nitrogen and oxygen atoms in total. The Labute approximate surface area is 96.3 Å². The smallest absolute Gasteiger partial charge is 0.0140 e. The molecule has 0 unspecified atom stereocenters. The van der Waals surface area contributed by atoms with Crippen molar-refractivity contribution < 1.29 is 0 Å². The average molecular weight is 227 g/mol. The molecule has 15 heavy (non-hydrogen) atoms. The first-order valence-corrected chi connectivity index (χ1v) is 7.65. The standard InChI is InChI=1S/C13H25NS/c1-11(2)15(12(3)4,13(5)6)14-9-7-8-10-14/h7-13H,1-6H3. The quantitative estimate of drug-likeness (QED) is 0.723. The summed E-state index contributed by atoms with van der Waals surface area (Å²) in [5.74, 6) is 0. The molecular formula is C13H25NS. The lowest BCUT2D eigenvalue weighted by atomic mass is 10.5. The molecule has 88 valence electrons. The van der Waals surface area contributed by atoms with Crippen molar-refractivity contribution >= 4 is 10.2 Å². The minimum atomic E-state index is -0.765. The normalized spacial score (nSPS) is 14.2. The van der Waals surface area contributed by atoms with Crippen LogP contribution in [0.4, 0.5) is 0 Å². The van der Waals surface area contributed by atoms with Gasteiger partial charge in [0.1, 0.15) is 0 Å². The maximum atomic E-state index is 2.49. The SMILES string of the molecule is CC(C)S(C(C)C)(C(C)C)n1cccc1. The van der Waals surface area contributed by atoms with Crippen molar-refractivity contribution in [2.24, 2.45) is 0 Å². The minimum Gasteiger partial charge on any atom is -0.317 e. The Balaban J connectivity index is 3.27.